The number of carbonyl (C=O) groups excluding carboxylic acids is 1. The molecule has 0 bridgehead atoms. The van der Waals surface area contributed by atoms with Crippen LogP contribution >= 0.6 is 11.6 Å². The molecule has 1 amide bonds. The molecule has 1 aromatic heterocycles. The second-order valence-corrected chi connectivity index (χ2v) is 8.57. The van der Waals surface area contributed by atoms with Crippen molar-refractivity contribution in [1.82, 2.24) is 25.5 Å². The zero-order valence-corrected chi connectivity index (χ0v) is 19.9. The van der Waals surface area contributed by atoms with Gasteiger partial charge in [0, 0.05) is 25.7 Å². The van der Waals surface area contributed by atoms with Crippen molar-refractivity contribution < 1.29 is 9.53 Å². The molecule has 2 heterocycles. The van der Waals surface area contributed by atoms with Gasteiger partial charge in [0.25, 0.3) is 5.91 Å². The largest absolute Gasteiger partial charge is 0.497 e. The Labute approximate surface area is 199 Å². The molecule has 10 nitrogen and oxygen atoms in total. The number of nitrogen functional groups attached to an aromatic ring is 2. The van der Waals surface area contributed by atoms with E-state index in [1.807, 2.05) is 12.1 Å². The Morgan fingerprint density at radius 1 is 1.30 bits per heavy atom. The van der Waals surface area contributed by atoms with Gasteiger partial charge in [-0.1, -0.05) is 37.1 Å². The summed E-state index contributed by atoms with van der Waals surface area (Å²) in [7, 11) is 1.66. The number of amides is 1. The fourth-order valence-corrected chi connectivity index (χ4v) is 3.98. The minimum atomic E-state index is -0.562. The van der Waals surface area contributed by atoms with Crippen LogP contribution in [0.3, 0.4) is 0 Å². The van der Waals surface area contributed by atoms with Crippen LogP contribution in [-0.4, -0.2) is 59.3 Å². The van der Waals surface area contributed by atoms with Gasteiger partial charge >= 0.3 is 0 Å². The third kappa shape index (κ3) is 6.44. The highest BCUT2D eigenvalue weighted by atomic mass is 35.5. The van der Waals surface area contributed by atoms with Gasteiger partial charge in [0.15, 0.2) is 22.5 Å². The summed E-state index contributed by atoms with van der Waals surface area (Å²) in [5.41, 5.74) is 19.1. The summed E-state index contributed by atoms with van der Waals surface area (Å²) < 4.78 is 5.22. The quantitative estimate of drug-likeness (QED) is 0.224. The van der Waals surface area contributed by atoms with E-state index in [0.29, 0.717) is 13.1 Å². The number of nitrogens with zero attached hydrogens (tertiary/aromatic N) is 3. The number of carbonyl (C=O) groups is 1. The van der Waals surface area contributed by atoms with E-state index >= 15 is 0 Å². The molecule has 1 saturated heterocycles. The minimum Gasteiger partial charge on any atom is -0.497 e. The predicted molar refractivity (Wildman–Crippen MR) is 130 cm³/mol. The van der Waals surface area contributed by atoms with Crippen LogP contribution in [0.15, 0.2) is 24.3 Å². The van der Waals surface area contributed by atoms with Crippen LogP contribution in [0.25, 0.3) is 0 Å². The van der Waals surface area contributed by atoms with Crippen molar-refractivity contribution in [1.29, 1.82) is 0 Å². The first kappa shape index (κ1) is 25.0. The zero-order chi connectivity index (χ0) is 24.0. The van der Waals surface area contributed by atoms with Gasteiger partial charge in [-0.05, 0) is 37.0 Å². The van der Waals surface area contributed by atoms with Gasteiger partial charge in [-0.25, -0.2) is 9.97 Å². The minimum absolute atomic E-state index is 0.0116. The lowest BCUT2D eigenvalue weighted by Crippen LogP contribution is -2.57. The molecule has 11 heteroatoms. The molecule has 3 rings (SSSR count). The van der Waals surface area contributed by atoms with Gasteiger partial charge in [0.1, 0.15) is 11.5 Å². The smallest absolute Gasteiger partial charge is 0.273 e. The molecule has 33 heavy (non-hydrogen) atoms. The summed E-state index contributed by atoms with van der Waals surface area (Å²) >= 11 is 5.91. The van der Waals surface area contributed by atoms with E-state index in [0.717, 1.165) is 38.0 Å². The Hall–Kier alpha value is -2.66. The van der Waals surface area contributed by atoms with Crippen LogP contribution in [-0.2, 0) is 6.42 Å². The molecule has 2 atom stereocenters. The Kier molecular flexibility index (Phi) is 8.30. The summed E-state index contributed by atoms with van der Waals surface area (Å²) in [6, 6.07) is 8.11. The third-order valence-electron chi connectivity index (χ3n) is 5.76. The van der Waals surface area contributed by atoms with Gasteiger partial charge in [-0.3, -0.25) is 20.7 Å². The molecule has 1 aliphatic heterocycles. The van der Waals surface area contributed by atoms with Crippen molar-refractivity contribution in [3.8, 4) is 5.75 Å². The lowest BCUT2D eigenvalue weighted by Gasteiger charge is -2.36. The number of benzene rings is 1. The Bertz CT molecular complexity index is 952. The third-order valence-corrected chi connectivity index (χ3v) is 6.03. The van der Waals surface area contributed by atoms with Gasteiger partial charge in [0.2, 0.25) is 0 Å². The summed E-state index contributed by atoms with van der Waals surface area (Å²) in [6.07, 6.45) is 3.65. The number of nitrogens with two attached hydrogens (primary N) is 3. The number of methoxy groups -OCH3 is 1. The molecule has 180 valence electrons. The van der Waals surface area contributed by atoms with Gasteiger partial charge < -0.3 is 21.5 Å². The average Bonchev–Trinajstić information content (AvgIpc) is 3.55. The lowest BCUT2D eigenvalue weighted by molar-refractivity contribution is 0.0854. The van der Waals surface area contributed by atoms with Crippen LogP contribution in [0.5, 0.6) is 5.75 Å². The second-order valence-electron chi connectivity index (χ2n) is 8.21. The van der Waals surface area contributed by atoms with Crippen LogP contribution in [0.1, 0.15) is 42.2 Å². The fourth-order valence-electron chi connectivity index (χ4n) is 3.85. The van der Waals surface area contributed by atoms with E-state index in [4.69, 9.17) is 33.5 Å². The highest BCUT2D eigenvalue weighted by molar-refractivity contribution is 6.31. The lowest BCUT2D eigenvalue weighted by atomic mass is 10.1. The number of rotatable bonds is 12. The number of aromatic nitrogens is 2. The maximum absolute atomic E-state index is 12.7. The number of nitrogens with one attached hydrogen (secondary N) is 2. The summed E-state index contributed by atoms with van der Waals surface area (Å²) in [5.74, 6) is -0.237. The van der Waals surface area contributed by atoms with Gasteiger partial charge in [-0.15, -0.1) is 0 Å². The van der Waals surface area contributed by atoms with Crippen molar-refractivity contribution in [2.75, 3.05) is 38.2 Å². The van der Waals surface area contributed by atoms with Crippen molar-refractivity contribution in [3.63, 3.8) is 0 Å². The molecular weight excluding hydrogens is 444 g/mol. The summed E-state index contributed by atoms with van der Waals surface area (Å²) in [6.45, 7) is 3.98. The van der Waals surface area contributed by atoms with E-state index in [9.17, 15) is 4.79 Å². The SMILES string of the molecule is CCC[C@@H](CNC(=O)c1nc(Cl)c(N)nc1N)N(CCCc1ccc(OC)cc1)[C@@]1(N)CN1. The molecule has 1 aliphatic rings. The van der Waals surface area contributed by atoms with Crippen molar-refractivity contribution >= 4 is 29.1 Å². The normalized spacial score (nSPS) is 18.2. The average molecular weight is 477 g/mol. The number of aryl methyl sites for hydroxylation is 1. The monoisotopic (exact) mass is 476 g/mol. The van der Waals surface area contributed by atoms with Crippen LogP contribution < -0.4 is 32.6 Å². The van der Waals surface area contributed by atoms with E-state index in [-0.39, 0.29) is 28.5 Å². The van der Waals surface area contributed by atoms with Gasteiger partial charge in [-0.2, -0.15) is 0 Å². The maximum Gasteiger partial charge on any atom is 0.273 e. The van der Waals surface area contributed by atoms with Crippen LogP contribution in [0.2, 0.25) is 5.15 Å². The highest BCUT2D eigenvalue weighted by Gasteiger charge is 2.46. The number of halogens is 1. The first-order valence-electron chi connectivity index (χ1n) is 11.1. The number of hydrogen-bond acceptors (Lipinski definition) is 9. The number of hydrogen-bond donors (Lipinski definition) is 5. The van der Waals surface area contributed by atoms with E-state index < -0.39 is 11.7 Å². The van der Waals surface area contributed by atoms with E-state index in [1.165, 1.54) is 5.56 Å². The summed E-state index contributed by atoms with van der Waals surface area (Å²) in [4.78, 5) is 22.8. The van der Waals surface area contributed by atoms with E-state index in [1.54, 1.807) is 7.11 Å². The standard InChI is InChI=1S/C22H33ClN8O2/c1-3-5-15(12-27-21(32)17-19(24)30-20(25)18(23)29-17)31(22(26)13-28-22)11-4-6-14-7-9-16(33-2)10-8-14/h7-10,15,28H,3-6,11-13,26H2,1-2H3,(H,27,32)(H4,24,25,30)/t15-,22+/m0/s1. The van der Waals surface area contributed by atoms with Crippen LogP contribution in [0, 0.1) is 0 Å². The Morgan fingerprint density at radius 2 is 2.00 bits per heavy atom. The molecule has 1 fully saturated rings. The molecule has 0 saturated carbocycles. The van der Waals surface area contributed by atoms with Crippen molar-refractivity contribution in [3.05, 3.63) is 40.7 Å². The molecule has 0 aliphatic carbocycles. The second kappa shape index (κ2) is 11.0. The first-order chi connectivity index (χ1) is 15.8. The number of anilines is 2. The van der Waals surface area contributed by atoms with Crippen LogP contribution in [0.4, 0.5) is 11.6 Å². The molecule has 8 N–H and O–H groups in total. The van der Waals surface area contributed by atoms with Gasteiger partial charge in [0.05, 0.1) is 7.11 Å². The molecule has 0 spiro atoms. The highest BCUT2D eigenvalue weighted by Crippen LogP contribution is 2.23. The molecule has 1 aromatic carbocycles. The van der Waals surface area contributed by atoms with Crippen molar-refractivity contribution in [2.24, 2.45) is 5.73 Å². The maximum atomic E-state index is 12.7. The molecule has 2 aromatic rings. The Morgan fingerprint density at radius 3 is 2.61 bits per heavy atom. The first-order valence-corrected chi connectivity index (χ1v) is 11.5. The van der Waals surface area contributed by atoms with Crippen molar-refractivity contribution in [2.45, 2.75) is 44.4 Å². The fraction of sp³-hybridized carbons (Fsp3) is 0.500. The number of ether oxygens (including phenoxy) is 1. The Balaban J connectivity index is 1.63. The molecule has 0 radical (unpaired) electrons. The zero-order valence-electron chi connectivity index (χ0n) is 19.1. The molecule has 0 unspecified atom stereocenters. The summed E-state index contributed by atoms with van der Waals surface area (Å²) in [5, 5.41) is 6.12. The predicted octanol–water partition coefficient (Wildman–Crippen LogP) is 1.35. The topological polar surface area (TPSA) is 167 Å². The molecular formula is C22H33ClN8O2. The van der Waals surface area contributed by atoms with E-state index in [2.05, 4.69) is 44.6 Å².